The van der Waals surface area contributed by atoms with E-state index in [1.165, 1.54) is 12.5 Å². The minimum Gasteiger partial charge on any atom is -0.341 e. The Morgan fingerprint density at radius 3 is 2.33 bits per heavy atom. The van der Waals surface area contributed by atoms with E-state index >= 15 is 0 Å². The largest absolute Gasteiger partial charge is 0.341 e. The van der Waals surface area contributed by atoms with Crippen molar-refractivity contribution in [2.75, 3.05) is 7.05 Å². The van der Waals surface area contributed by atoms with Gasteiger partial charge in [-0.1, -0.05) is 48.5 Å². The van der Waals surface area contributed by atoms with E-state index in [1.54, 1.807) is 11.9 Å². The summed E-state index contributed by atoms with van der Waals surface area (Å²) >= 11 is 0. The highest BCUT2D eigenvalue weighted by molar-refractivity contribution is 5.99. The van der Waals surface area contributed by atoms with Gasteiger partial charge in [0.15, 0.2) is 0 Å². The third kappa shape index (κ3) is 2.07. The Morgan fingerprint density at radius 1 is 1.00 bits per heavy atom. The van der Waals surface area contributed by atoms with Crippen LogP contribution in [0.2, 0.25) is 0 Å². The number of nitrogens with one attached hydrogen (secondary N) is 1. The smallest absolute Gasteiger partial charge is 0.249 e. The van der Waals surface area contributed by atoms with Crippen molar-refractivity contribution in [2.24, 2.45) is 0 Å². The molecule has 2 aliphatic rings. The van der Waals surface area contributed by atoms with Crippen molar-refractivity contribution < 1.29 is 9.59 Å². The third-order valence-electron chi connectivity index (χ3n) is 4.78. The lowest BCUT2D eigenvalue weighted by Crippen LogP contribution is -2.50. The van der Waals surface area contributed by atoms with Crippen molar-refractivity contribution in [3.05, 3.63) is 65.7 Å². The monoisotopic (exact) mass is 318 g/mol. The van der Waals surface area contributed by atoms with Crippen LogP contribution in [0.15, 0.2) is 54.6 Å². The highest BCUT2D eigenvalue weighted by Crippen LogP contribution is 2.49. The molecule has 4 rings (SSSR count). The lowest BCUT2D eigenvalue weighted by Gasteiger charge is -2.41. The van der Waals surface area contributed by atoms with Gasteiger partial charge in [-0.25, -0.2) is 0 Å². The third-order valence-corrected chi connectivity index (χ3v) is 4.78. The summed E-state index contributed by atoms with van der Waals surface area (Å²) in [6, 6.07) is 15.7. The number of hydrogen-bond donors (Lipinski definition) is 1. The first-order valence-electron chi connectivity index (χ1n) is 8.02. The average Bonchev–Trinajstić information content (AvgIpc) is 2.59. The van der Waals surface area contributed by atoms with Crippen LogP contribution in [-0.4, -0.2) is 29.8 Å². The van der Waals surface area contributed by atoms with E-state index in [-0.39, 0.29) is 17.9 Å². The van der Waals surface area contributed by atoms with Crippen LogP contribution in [0.5, 0.6) is 0 Å². The number of likely N-dealkylation sites (N-methyl/N-ethyl adjacent to an activating group) is 1. The van der Waals surface area contributed by atoms with Crippen molar-refractivity contribution in [2.45, 2.75) is 19.0 Å². The lowest BCUT2D eigenvalue weighted by atomic mass is 9.76. The first-order valence-corrected chi connectivity index (χ1v) is 8.02. The maximum absolute atomic E-state index is 12.7. The van der Waals surface area contributed by atoms with Gasteiger partial charge in [0.25, 0.3) is 0 Å². The van der Waals surface area contributed by atoms with Gasteiger partial charge >= 0.3 is 0 Å². The highest BCUT2D eigenvalue weighted by Gasteiger charge is 2.39. The van der Waals surface area contributed by atoms with Gasteiger partial charge in [-0.2, -0.15) is 0 Å². The van der Waals surface area contributed by atoms with Crippen LogP contribution >= 0.6 is 0 Å². The predicted molar refractivity (Wildman–Crippen MR) is 93.0 cm³/mol. The second-order valence-electron chi connectivity index (χ2n) is 6.28. The molecule has 24 heavy (non-hydrogen) atoms. The van der Waals surface area contributed by atoms with E-state index in [0.29, 0.717) is 0 Å². The summed E-state index contributed by atoms with van der Waals surface area (Å²) in [5.74, 6) is -0.297. The van der Waals surface area contributed by atoms with Crippen molar-refractivity contribution in [1.82, 2.24) is 10.2 Å². The molecule has 0 unspecified atom stereocenters. The standard InChI is InChI=1S/C20H18N2O2/c1-12(23)21-18-11-17-15-9-4-3-7-13(15)14-8-5-6-10-16(14)19(17)22(2)20(18)24/h3-11,18-19H,1-2H3,(H,21,23)/t18-,19-/m0/s1. The van der Waals surface area contributed by atoms with Crippen LogP contribution in [0, 0.1) is 0 Å². The number of nitrogens with zero attached hydrogens (tertiary/aromatic N) is 1. The summed E-state index contributed by atoms with van der Waals surface area (Å²) in [4.78, 5) is 25.9. The predicted octanol–water partition coefficient (Wildman–Crippen LogP) is 2.77. The maximum Gasteiger partial charge on any atom is 0.249 e. The fourth-order valence-electron chi connectivity index (χ4n) is 3.78. The van der Waals surface area contributed by atoms with Crippen LogP contribution in [0.3, 0.4) is 0 Å². The Balaban J connectivity index is 1.96. The molecule has 1 heterocycles. The number of amides is 2. The van der Waals surface area contributed by atoms with Crippen LogP contribution < -0.4 is 5.32 Å². The van der Waals surface area contributed by atoms with Crippen molar-refractivity contribution in [3.63, 3.8) is 0 Å². The summed E-state index contributed by atoms with van der Waals surface area (Å²) in [5, 5.41) is 2.74. The van der Waals surface area contributed by atoms with Gasteiger partial charge in [0, 0.05) is 14.0 Å². The average molecular weight is 318 g/mol. The Morgan fingerprint density at radius 2 is 1.62 bits per heavy atom. The van der Waals surface area contributed by atoms with Crippen LogP contribution in [0.1, 0.15) is 24.1 Å². The zero-order valence-corrected chi connectivity index (χ0v) is 13.6. The van der Waals surface area contributed by atoms with E-state index in [9.17, 15) is 9.59 Å². The number of rotatable bonds is 1. The molecule has 4 nitrogen and oxygen atoms in total. The molecule has 0 spiro atoms. The van der Waals surface area contributed by atoms with Crippen molar-refractivity contribution >= 4 is 17.4 Å². The van der Waals surface area contributed by atoms with Gasteiger partial charge in [0.05, 0.1) is 6.04 Å². The summed E-state index contributed by atoms with van der Waals surface area (Å²) < 4.78 is 0. The molecule has 4 heteroatoms. The topological polar surface area (TPSA) is 49.4 Å². The fourth-order valence-corrected chi connectivity index (χ4v) is 3.78. The molecule has 0 radical (unpaired) electrons. The SMILES string of the molecule is CC(=O)N[C@H]1C=C2c3ccccc3-c3ccccc3[C@@H]2N(C)C1=O. The second kappa shape index (κ2) is 5.34. The fraction of sp³-hybridized carbons (Fsp3) is 0.200. The molecule has 2 amide bonds. The zero-order chi connectivity index (χ0) is 16.8. The normalized spacial score (nSPS) is 21.3. The molecule has 2 atom stereocenters. The molecule has 120 valence electrons. The van der Waals surface area contributed by atoms with Gasteiger partial charge in [-0.3, -0.25) is 9.59 Å². The first kappa shape index (κ1) is 14.7. The van der Waals surface area contributed by atoms with Crippen LogP contribution in [0.4, 0.5) is 0 Å². The van der Waals surface area contributed by atoms with E-state index in [4.69, 9.17) is 0 Å². The van der Waals surface area contributed by atoms with Gasteiger partial charge in [-0.15, -0.1) is 0 Å². The molecule has 1 N–H and O–H groups in total. The number of hydrogen-bond acceptors (Lipinski definition) is 2. The van der Waals surface area contributed by atoms with Gasteiger partial charge in [-0.05, 0) is 33.9 Å². The lowest BCUT2D eigenvalue weighted by molar-refractivity contribution is -0.135. The maximum atomic E-state index is 12.7. The molecular weight excluding hydrogens is 300 g/mol. The molecule has 0 saturated heterocycles. The molecule has 0 bridgehead atoms. The molecule has 2 aromatic rings. The van der Waals surface area contributed by atoms with Gasteiger partial charge < -0.3 is 10.2 Å². The van der Waals surface area contributed by atoms with E-state index in [1.807, 2.05) is 30.3 Å². The molecule has 2 aromatic carbocycles. The molecule has 0 fully saturated rings. The Labute approximate surface area is 140 Å². The van der Waals surface area contributed by atoms with Crippen molar-refractivity contribution in [3.8, 4) is 11.1 Å². The summed E-state index contributed by atoms with van der Waals surface area (Å²) in [7, 11) is 1.81. The Hall–Kier alpha value is -2.88. The first-order chi connectivity index (χ1) is 11.6. The molecular formula is C20H18N2O2. The molecule has 0 aromatic heterocycles. The number of benzene rings is 2. The second-order valence-corrected chi connectivity index (χ2v) is 6.28. The van der Waals surface area contributed by atoms with Crippen LogP contribution in [0.25, 0.3) is 16.7 Å². The van der Waals surface area contributed by atoms with E-state index < -0.39 is 6.04 Å². The van der Waals surface area contributed by atoms with Gasteiger partial charge in [0.2, 0.25) is 11.8 Å². The number of fused-ring (bicyclic) bond motifs is 6. The quantitative estimate of drug-likeness (QED) is 0.879. The van der Waals surface area contributed by atoms with E-state index in [0.717, 1.165) is 22.3 Å². The Bertz CT molecular complexity index is 885. The zero-order valence-electron chi connectivity index (χ0n) is 13.6. The Kier molecular flexibility index (Phi) is 3.27. The summed E-state index contributed by atoms with van der Waals surface area (Å²) in [6.45, 7) is 1.43. The van der Waals surface area contributed by atoms with Crippen molar-refractivity contribution in [1.29, 1.82) is 0 Å². The summed E-state index contributed by atoms with van der Waals surface area (Å²) in [6.07, 6.45) is 1.91. The summed E-state index contributed by atoms with van der Waals surface area (Å²) in [5.41, 5.74) is 5.65. The minimum absolute atomic E-state index is 0.0897. The molecule has 0 saturated carbocycles. The number of carbonyl (C=O) groups is 2. The van der Waals surface area contributed by atoms with E-state index in [2.05, 4.69) is 29.6 Å². The highest BCUT2D eigenvalue weighted by atomic mass is 16.2. The minimum atomic E-state index is -0.614. The van der Waals surface area contributed by atoms with Gasteiger partial charge in [0.1, 0.15) is 6.04 Å². The van der Waals surface area contributed by atoms with Crippen LogP contribution in [-0.2, 0) is 9.59 Å². The molecule has 1 aliphatic carbocycles. The molecule has 1 aliphatic heterocycles. The number of carbonyl (C=O) groups excluding carboxylic acids is 2.